The average Bonchev–Trinajstić information content (AvgIpc) is 2.83. The van der Waals surface area contributed by atoms with Gasteiger partial charge in [-0.2, -0.15) is 0 Å². The lowest BCUT2D eigenvalue weighted by Gasteiger charge is -2.34. The van der Waals surface area contributed by atoms with Crippen molar-refractivity contribution in [3.8, 4) is 0 Å². The Hall–Kier alpha value is -2.47. The van der Waals surface area contributed by atoms with Gasteiger partial charge in [0.1, 0.15) is 6.04 Å². The highest BCUT2D eigenvalue weighted by Gasteiger charge is 2.32. The smallest absolute Gasteiger partial charge is 0.243 e. The monoisotopic (exact) mass is 542 g/mol. The van der Waals surface area contributed by atoms with Crippen LogP contribution in [0, 0.1) is 0 Å². The van der Waals surface area contributed by atoms with Crippen LogP contribution >= 0.6 is 35.0 Å². The molecule has 2 amide bonds. The Morgan fingerprint density at radius 2 is 1.56 bits per heavy atom. The van der Waals surface area contributed by atoms with Crippen LogP contribution < -0.4 is 5.32 Å². The lowest BCUT2D eigenvalue weighted by atomic mass is 10.0. The number of hydrogen-bond acceptors (Lipinski definition) is 3. The van der Waals surface area contributed by atoms with Crippen LogP contribution in [0.4, 0.5) is 0 Å². The van der Waals surface area contributed by atoms with E-state index in [2.05, 4.69) is 5.32 Å². The van der Waals surface area contributed by atoms with E-state index in [1.807, 2.05) is 93.6 Å². The van der Waals surface area contributed by atoms with Gasteiger partial charge < -0.3 is 10.2 Å². The van der Waals surface area contributed by atoms with Crippen molar-refractivity contribution >= 4 is 46.8 Å². The van der Waals surface area contributed by atoms with Crippen molar-refractivity contribution in [2.75, 3.05) is 5.75 Å². The zero-order valence-corrected chi connectivity index (χ0v) is 23.2. The third kappa shape index (κ3) is 8.88. The molecule has 0 bridgehead atoms. The molecule has 0 spiro atoms. The SMILES string of the molecule is CC(C)(C)NC(=O)[C@H](Cc1ccccc1)N(Cc1ccccc1Cl)C(=O)CCSc1ccc(Cl)cc1. The van der Waals surface area contributed by atoms with Crippen molar-refractivity contribution in [2.24, 2.45) is 0 Å². The van der Waals surface area contributed by atoms with E-state index in [1.165, 1.54) is 0 Å². The molecular weight excluding hydrogens is 511 g/mol. The number of amides is 2. The number of nitrogens with zero attached hydrogens (tertiary/aromatic N) is 1. The summed E-state index contributed by atoms with van der Waals surface area (Å²) < 4.78 is 0. The first-order chi connectivity index (χ1) is 17.1. The maximum absolute atomic E-state index is 13.7. The maximum atomic E-state index is 13.7. The van der Waals surface area contributed by atoms with Gasteiger partial charge in [0.2, 0.25) is 11.8 Å². The van der Waals surface area contributed by atoms with Crippen molar-refractivity contribution in [3.05, 3.63) is 100 Å². The molecule has 1 atom stereocenters. The van der Waals surface area contributed by atoms with E-state index < -0.39 is 11.6 Å². The third-order valence-corrected chi connectivity index (χ3v) is 7.10. The Bertz CT molecular complexity index is 1150. The summed E-state index contributed by atoms with van der Waals surface area (Å²) in [5.74, 6) is 0.303. The molecular formula is C29H32Cl2N2O2S. The number of carbonyl (C=O) groups excluding carboxylic acids is 2. The van der Waals surface area contributed by atoms with Crippen LogP contribution in [0.1, 0.15) is 38.3 Å². The molecule has 36 heavy (non-hydrogen) atoms. The molecule has 7 heteroatoms. The second-order valence-electron chi connectivity index (χ2n) is 9.61. The number of halogens is 2. The molecule has 0 unspecified atom stereocenters. The number of benzene rings is 3. The summed E-state index contributed by atoms with van der Waals surface area (Å²) in [6.07, 6.45) is 0.690. The standard InChI is InChI=1S/C29H32Cl2N2O2S/c1-29(2,3)32-28(35)26(19-21-9-5-4-6-10-21)33(20-22-11-7-8-12-25(22)31)27(34)17-18-36-24-15-13-23(30)14-16-24/h4-16,26H,17-20H2,1-3H3,(H,32,35)/t26-/m0/s1. The highest BCUT2D eigenvalue weighted by atomic mass is 35.5. The van der Waals surface area contributed by atoms with Crippen LogP contribution in [0.25, 0.3) is 0 Å². The Balaban J connectivity index is 1.87. The van der Waals surface area contributed by atoms with Gasteiger partial charge in [0.25, 0.3) is 0 Å². The summed E-state index contributed by atoms with van der Waals surface area (Å²) in [7, 11) is 0. The Morgan fingerprint density at radius 3 is 2.19 bits per heavy atom. The van der Waals surface area contributed by atoms with Gasteiger partial charge in [0, 0.05) is 45.6 Å². The average molecular weight is 544 g/mol. The minimum atomic E-state index is -0.684. The number of hydrogen-bond donors (Lipinski definition) is 1. The van der Waals surface area contributed by atoms with Crippen molar-refractivity contribution in [2.45, 2.75) is 56.6 Å². The molecule has 0 saturated heterocycles. The number of nitrogens with one attached hydrogen (secondary N) is 1. The van der Waals surface area contributed by atoms with Crippen molar-refractivity contribution < 1.29 is 9.59 Å². The van der Waals surface area contributed by atoms with Gasteiger partial charge in [0.15, 0.2) is 0 Å². The molecule has 0 saturated carbocycles. The minimum absolute atomic E-state index is 0.0960. The lowest BCUT2D eigenvalue weighted by molar-refractivity contribution is -0.141. The van der Waals surface area contributed by atoms with Gasteiger partial charge in [-0.3, -0.25) is 9.59 Å². The number of rotatable bonds is 10. The van der Waals surface area contributed by atoms with E-state index in [9.17, 15) is 9.59 Å². The highest BCUT2D eigenvalue weighted by molar-refractivity contribution is 7.99. The summed E-state index contributed by atoms with van der Waals surface area (Å²) in [4.78, 5) is 29.9. The lowest BCUT2D eigenvalue weighted by Crippen LogP contribution is -2.54. The first-order valence-corrected chi connectivity index (χ1v) is 13.6. The van der Waals surface area contributed by atoms with Crippen molar-refractivity contribution in [1.29, 1.82) is 0 Å². The third-order valence-electron chi connectivity index (χ3n) is 5.47. The number of thioether (sulfide) groups is 1. The van der Waals surface area contributed by atoms with E-state index >= 15 is 0 Å². The van der Waals surface area contributed by atoms with Crippen LogP contribution in [-0.4, -0.2) is 34.0 Å². The molecule has 0 aliphatic rings. The quantitative estimate of drug-likeness (QED) is 0.279. The second-order valence-corrected chi connectivity index (χ2v) is 11.6. The van der Waals surface area contributed by atoms with Gasteiger partial charge in [-0.15, -0.1) is 11.8 Å². The highest BCUT2D eigenvalue weighted by Crippen LogP contribution is 2.24. The van der Waals surface area contributed by atoms with Gasteiger partial charge >= 0.3 is 0 Å². The van der Waals surface area contributed by atoms with E-state index in [0.29, 0.717) is 22.2 Å². The van der Waals surface area contributed by atoms with Crippen LogP contribution in [0.5, 0.6) is 0 Å². The fourth-order valence-electron chi connectivity index (χ4n) is 3.75. The van der Waals surface area contributed by atoms with E-state index in [1.54, 1.807) is 22.7 Å². The van der Waals surface area contributed by atoms with Crippen LogP contribution in [0.2, 0.25) is 10.0 Å². The van der Waals surface area contributed by atoms with Crippen LogP contribution in [0.15, 0.2) is 83.8 Å². The molecule has 4 nitrogen and oxygen atoms in total. The summed E-state index contributed by atoms with van der Waals surface area (Å²) in [6.45, 7) is 6.06. The molecule has 3 rings (SSSR count). The maximum Gasteiger partial charge on any atom is 0.243 e. The molecule has 0 radical (unpaired) electrons. The first kappa shape index (κ1) is 28.1. The fraction of sp³-hybridized carbons (Fsp3) is 0.310. The first-order valence-electron chi connectivity index (χ1n) is 11.9. The van der Waals surface area contributed by atoms with Gasteiger partial charge in [-0.25, -0.2) is 0 Å². The fourth-order valence-corrected chi connectivity index (χ4v) is 4.91. The summed E-state index contributed by atoms with van der Waals surface area (Å²) in [6, 6.07) is 24.1. The normalized spacial score (nSPS) is 12.1. The topological polar surface area (TPSA) is 49.4 Å². The summed E-state index contributed by atoms with van der Waals surface area (Å²) in [5, 5.41) is 4.32. The van der Waals surface area contributed by atoms with E-state index in [-0.39, 0.29) is 24.8 Å². The Labute approximate surface area is 228 Å². The molecule has 0 heterocycles. The van der Waals surface area contributed by atoms with Gasteiger partial charge in [-0.05, 0) is 62.2 Å². The zero-order valence-electron chi connectivity index (χ0n) is 20.8. The van der Waals surface area contributed by atoms with Gasteiger partial charge in [0.05, 0.1) is 0 Å². The molecule has 0 fully saturated rings. The zero-order chi connectivity index (χ0) is 26.1. The summed E-state index contributed by atoms with van der Waals surface area (Å²) >= 11 is 14.0. The summed E-state index contributed by atoms with van der Waals surface area (Å²) in [5.41, 5.74) is 1.36. The molecule has 3 aromatic rings. The van der Waals surface area contributed by atoms with E-state index in [4.69, 9.17) is 23.2 Å². The van der Waals surface area contributed by atoms with E-state index in [0.717, 1.165) is 16.0 Å². The molecule has 3 aromatic carbocycles. The molecule has 0 aliphatic carbocycles. The van der Waals surface area contributed by atoms with Crippen molar-refractivity contribution in [3.63, 3.8) is 0 Å². The van der Waals surface area contributed by atoms with Crippen LogP contribution in [-0.2, 0) is 22.6 Å². The number of carbonyl (C=O) groups is 2. The Kier molecular flexibility index (Phi) is 10.3. The molecule has 0 aromatic heterocycles. The molecule has 1 N–H and O–H groups in total. The Morgan fingerprint density at radius 1 is 0.917 bits per heavy atom. The van der Waals surface area contributed by atoms with Crippen molar-refractivity contribution in [1.82, 2.24) is 10.2 Å². The van der Waals surface area contributed by atoms with Gasteiger partial charge in [-0.1, -0.05) is 71.7 Å². The largest absolute Gasteiger partial charge is 0.350 e. The molecule has 0 aliphatic heterocycles. The molecule has 190 valence electrons. The second kappa shape index (κ2) is 13.2. The minimum Gasteiger partial charge on any atom is -0.350 e. The van der Waals surface area contributed by atoms with Crippen LogP contribution in [0.3, 0.4) is 0 Å². The predicted octanol–water partition coefficient (Wildman–Crippen LogP) is 7.03. The predicted molar refractivity (Wildman–Crippen MR) is 151 cm³/mol.